The number of carbonyl (C=O) groups is 3. The first-order valence-electron chi connectivity index (χ1n) is 7.19. The van der Waals surface area contributed by atoms with E-state index in [2.05, 4.69) is 5.32 Å². The van der Waals surface area contributed by atoms with Crippen molar-refractivity contribution in [3.05, 3.63) is 65.2 Å². The fraction of sp³-hybridized carbons (Fsp3) is 0.167. The zero-order chi connectivity index (χ0) is 16.8. The average Bonchev–Trinajstić information content (AvgIpc) is 2.55. The number of hydrogen-bond donors (Lipinski definition) is 2. The van der Waals surface area contributed by atoms with Crippen molar-refractivity contribution >= 4 is 23.3 Å². The Kier molecular flexibility index (Phi) is 5.25. The Hall–Kier alpha value is -2.95. The molecular formula is C18H17NO4. The number of carbonyl (C=O) groups excluding carboxylic acids is 2. The molecule has 0 fully saturated rings. The van der Waals surface area contributed by atoms with Gasteiger partial charge in [-0.1, -0.05) is 36.4 Å². The second-order valence-corrected chi connectivity index (χ2v) is 5.17. The Morgan fingerprint density at radius 2 is 1.65 bits per heavy atom. The predicted octanol–water partition coefficient (Wildman–Crippen LogP) is 3.29. The molecule has 5 nitrogen and oxygen atoms in total. The first-order valence-corrected chi connectivity index (χ1v) is 7.19. The standard InChI is InChI=1S/C18H17NO4/c1-12-7-8-14(18(22)23)11-15(12)19-17(21)10-9-16(20)13-5-3-2-4-6-13/h2-8,11H,9-10H2,1H3,(H,19,21)(H,22,23). The topological polar surface area (TPSA) is 83.5 Å². The highest BCUT2D eigenvalue weighted by Crippen LogP contribution is 2.17. The summed E-state index contributed by atoms with van der Waals surface area (Å²) in [5.74, 6) is -1.48. The molecule has 2 rings (SSSR count). The van der Waals surface area contributed by atoms with Gasteiger partial charge in [0, 0.05) is 24.1 Å². The molecular weight excluding hydrogens is 294 g/mol. The molecule has 23 heavy (non-hydrogen) atoms. The van der Waals surface area contributed by atoms with Gasteiger partial charge in [0.15, 0.2) is 5.78 Å². The molecule has 0 atom stereocenters. The molecule has 0 bridgehead atoms. The maximum atomic E-state index is 12.0. The highest BCUT2D eigenvalue weighted by atomic mass is 16.4. The lowest BCUT2D eigenvalue weighted by Crippen LogP contribution is -2.14. The summed E-state index contributed by atoms with van der Waals surface area (Å²) in [6.45, 7) is 1.77. The van der Waals surface area contributed by atoms with Gasteiger partial charge in [-0.3, -0.25) is 9.59 Å². The van der Waals surface area contributed by atoms with E-state index >= 15 is 0 Å². The fourth-order valence-corrected chi connectivity index (χ4v) is 2.10. The second-order valence-electron chi connectivity index (χ2n) is 5.17. The Morgan fingerprint density at radius 1 is 0.957 bits per heavy atom. The van der Waals surface area contributed by atoms with Gasteiger partial charge in [-0.25, -0.2) is 4.79 Å². The number of Topliss-reactive ketones (excluding diaryl/α,β-unsaturated/α-hetero) is 1. The van der Waals surface area contributed by atoms with Gasteiger partial charge in [-0.15, -0.1) is 0 Å². The number of benzene rings is 2. The lowest BCUT2D eigenvalue weighted by molar-refractivity contribution is -0.116. The molecule has 2 aromatic rings. The molecule has 0 spiro atoms. The lowest BCUT2D eigenvalue weighted by atomic mass is 10.1. The minimum Gasteiger partial charge on any atom is -0.478 e. The normalized spacial score (nSPS) is 10.1. The van der Waals surface area contributed by atoms with Crippen molar-refractivity contribution < 1.29 is 19.5 Å². The minimum atomic E-state index is -1.06. The van der Waals surface area contributed by atoms with Gasteiger partial charge < -0.3 is 10.4 Å². The van der Waals surface area contributed by atoms with Gasteiger partial charge >= 0.3 is 5.97 Å². The molecule has 0 saturated carbocycles. The molecule has 0 aliphatic heterocycles. The van der Waals surface area contributed by atoms with E-state index in [-0.39, 0.29) is 30.1 Å². The van der Waals surface area contributed by atoms with Crippen molar-refractivity contribution in [2.75, 3.05) is 5.32 Å². The maximum absolute atomic E-state index is 12.0. The summed E-state index contributed by atoms with van der Waals surface area (Å²) in [4.78, 5) is 34.9. The van der Waals surface area contributed by atoms with E-state index in [4.69, 9.17) is 5.11 Å². The average molecular weight is 311 g/mol. The van der Waals surface area contributed by atoms with Crippen LogP contribution in [0, 0.1) is 6.92 Å². The van der Waals surface area contributed by atoms with Crippen LogP contribution in [0.2, 0.25) is 0 Å². The zero-order valence-corrected chi connectivity index (χ0v) is 12.7. The Balaban J connectivity index is 1.96. The van der Waals surface area contributed by atoms with Gasteiger partial charge in [0.2, 0.25) is 5.91 Å². The first-order chi connectivity index (χ1) is 11.0. The van der Waals surface area contributed by atoms with E-state index in [1.807, 2.05) is 6.07 Å². The third-order valence-electron chi connectivity index (χ3n) is 3.43. The maximum Gasteiger partial charge on any atom is 0.335 e. The molecule has 0 saturated heterocycles. The number of rotatable bonds is 6. The van der Waals surface area contributed by atoms with Gasteiger partial charge in [0.1, 0.15) is 0 Å². The number of hydrogen-bond acceptors (Lipinski definition) is 3. The van der Waals surface area contributed by atoms with Crippen LogP contribution in [-0.4, -0.2) is 22.8 Å². The van der Waals surface area contributed by atoms with Crippen molar-refractivity contribution in [1.29, 1.82) is 0 Å². The summed E-state index contributed by atoms with van der Waals surface area (Å²) in [7, 11) is 0. The number of aromatic carboxylic acids is 1. The number of nitrogens with one attached hydrogen (secondary N) is 1. The highest BCUT2D eigenvalue weighted by molar-refractivity contribution is 6.00. The zero-order valence-electron chi connectivity index (χ0n) is 12.7. The largest absolute Gasteiger partial charge is 0.478 e. The fourth-order valence-electron chi connectivity index (χ4n) is 2.10. The van der Waals surface area contributed by atoms with Crippen LogP contribution in [0.15, 0.2) is 48.5 Å². The van der Waals surface area contributed by atoms with Crippen LogP contribution >= 0.6 is 0 Å². The van der Waals surface area contributed by atoms with Crippen molar-refractivity contribution in [3.63, 3.8) is 0 Å². The van der Waals surface area contributed by atoms with Crippen LogP contribution in [0.4, 0.5) is 5.69 Å². The lowest BCUT2D eigenvalue weighted by Gasteiger charge is -2.09. The van der Waals surface area contributed by atoms with Gasteiger partial charge in [0.25, 0.3) is 0 Å². The molecule has 0 unspecified atom stereocenters. The first kappa shape index (κ1) is 16.4. The van der Waals surface area contributed by atoms with E-state index in [0.717, 1.165) is 5.56 Å². The number of carboxylic acids is 1. The van der Waals surface area contributed by atoms with Gasteiger partial charge in [0.05, 0.1) is 5.56 Å². The number of amides is 1. The summed E-state index contributed by atoms with van der Waals surface area (Å²) in [6, 6.07) is 13.3. The molecule has 2 aromatic carbocycles. The highest BCUT2D eigenvalue weighted by Gasteiger charge is 2.11. The van der Waals surface area contributed by atoms with Gasteiger partial charge in [-0.2, -0.15) is 0 Å². The van der Waals surface area contributed by atoms with E-state index in [9.17, 15) is 14.4 Å². The Morgan fingerprint density at radius 3 is 2.30 bits per heavy atom. The van der Waals surface area contributed by atoms with Crippen molar-refractivity contribution in [3.8, 4) is 0 Å². The summed E-state index contributed by atoms with van der Waals surface area (Å²) < 4.78 is 0. The predicted molar refractivity (Wildman–Crippen MR) is 86.8 cm³/mol. The van der Waals surface area contributed by atoms with Crippen molar-refractivity contribution in [1.82, 2.24) is 0 Å². The van der Waals surface area contributed by atoms with Crippen LogP contribution in [-0.2, 0) is 4.79 Å². The third-order valence-corrected chi connectivity index (χ3v) is 3.43. The van der Waals surface area contributed by atoms with Crippen LogP contribution < -0.4 is 5.32 Å². The Bertz CT molecular complexity index is 738. The van der Waals surface area contributed by atoms with E-state index < -0.39 is 5.97 Å². The molecule has 5 heteroatoms. The van der Waals surface area contributed by atoms with Crippen molar-refractivity contribution in [2.45, 2.75) is 19.8 Å². The second kappa shape index (κ2) is 7.35. The SMILES string of the molecule is Cc1ccc(C(=O)O)cc1NC(=O)CCC(=O)c1ccccc1. The molecule has 1 amide bonds. The van der Waals surface area contributed by atoms with Crippen molar-refractivity contribution in [2.24, 2.45) is 0 Å². The molecule has 0 aromatic heterocycles. The Labute approximate surface area is 134 Å². The summed E-state index contributed by atoms with van der Waals surface area (Å²) in [5.41, 5.74) is 1.88. The van der Waals surface area contributed by atoms with Crippen LogP contribution in [0.1, 0.15) is 39.1 Å². The summed E-state index contributed by atoms with van der Waals surface area (Å²) in [5, 5.41) is 11.6. The number of aryl methyl sites for hydroxylation is 1. The number of anilines is 1. The van der Waals surface area contributed by atoms with Crippen LogP contribution in [0.25, 0.3) is 0 Å². The monoisotopic (exact) mass is 311 g/mol. The van der Waals surface area contributed by atoms with E-state index in [0.29, 0.717) is 11.3 Å². The van der Waals surface area contributed by atoms with Crippen LogP contribution in [0.3, 0.4) is 0 Å². The van der Waals surface area contributed by atoms with Gasteiger partial charge in [-0.05, 0) is 24.6 Å². The summed E-state index contributed by atoms with van der Waals surface area (Å²) >= 11 is 0. The summed E-state index contributed by atoms with van der Waals surface area (Å²) in [6.07, 6.45) is 0.151. The number of carboxylic acid groups (broad SMARTS) is 1. The molecule has 2 N–H and O–H groups in total. The number of ketones is 1. The molecule has 0 aliphatic rings. The molecule has 0 heterocycles. The molecule has 118 valence electrons. The molecule has 0 radical (unpaired) electrons. The third kappa shape index (κ3) is 4.51. The smallest absolute Gasteiger partial charge is 0.335 e. The minimum absolute atomic E-state index is 0.0461. The molecule has 0 aliphatic carbocycles. The quantitative estimate of drug-likeness (QED) is 0.802. The van der Waals surface area contributed by atoms with Crippen LogP contribution in [0.5, 0.6) is 0 Å². The van der Waals surface area contributed by atoms with E-state index in [1.165, 1.54) is 12.1 Å². The van der Waals surface area contributed by atoms with E-state index in [1.54, 1.807) is 37.3 Å².